The van der Waals surface area contributed by atoms with Crippen LogP contribution in [0.5, 0.6) is 0 Å². The van der Waals surface area contributed by atoms with Gasteiger partial charge in [-0.1, -0.05) is 19.3 Å². The van der Waals surface area contributed by atoms with E-state index in [9.17, 15) is 23.3 Å². The smallest absolute Gasteiger partial charge is 0.294 e. The summed E-state index contributed by atoms with van der Waals surface area (Å²) in [6.07, 6.45) is 8.77. The Morgan fingerprint density at radius 3 is 2.73 bits per heavy atom. The van der Waals surface area contributed by atoms with Crippen LogP contribution in [0.2, 0.25) is 0 Å². The largest absolute Gasteiger partial charge is 0.313 e. The molecule has 0 aromatic carbocycles. The van der Waals surface area contributed by atoms with Gasteiger partial charge in [-0.2, -0.15) is 5.10 Å². The fourth-order valence-electron chi connectivity index (χ4n) is 3.49. The van der Waals surface area contributed by atoms with Gasteiger partial charge in [0.1, 0.15) is 17.3 Å². The quantitative estimate of drug-likeness (QED) is 0.481. The van der Waals surface area contributed by atoms with E-state index in [-0.39, 0.29) is 23.2 Å². The fourth-order valence-corrected chi connectivity index (χ4v) is 4.34. The van der Waals surface area contributed by atoms with Crippen molar-refractivity contribution < 1.29 is 23.1 Å². The Morgan fingerprint density at radius 2 is 2.12 bits per heavy atom. The lowest BCUT2D eigenvalue weighted by atomic mass is 9.84. The van der Waals surface area contributed by atoms with Gasteiger partial charge in [0.25, 0.3) is 5.09 Å². The average Bonchev–Trinajstić information content (AvgIpc) is 3.08. The Labute approximate surface area is 152 Å². The fraction of sp³-hybridized carbons (Fsp3) is 0.750. The zero-order valence-electron chi connectivity index (χ0n) is 14.8. The lowest BCUT2D eigenvalue weighted by Crippen LogP contribution is -2.18. The minimum Gasteiger partial charge on any atom is -0.313 e. The van der Waals surface area contributed by atoms with Crippen molar-refractivity contribution in [1.29, 1.82) is 0 Å². The van der Waals surface area contributed by atoms with Crippen LogP contribution in [0, 0.1) is 16.0 Å². The Balaban J connectivity index is 2.00. The second-order valence-electron chi connectivity index (χ2n) is 6.83. The van der Waals surface area contributed by atoms with Gasteiger partial charge in [-0.05, 0) is 25.7 Å². The molecule has 0 spiro atoms. The van der Waals surface area contributed by atoms with E-state index in [0.717, 1.165) is 31.9 Å². The SMILES string of the molecule is CS(=O)(=O)c1cn[nH]c1C(CCCC(=O)C1CCCCC1)CO[N+](=O)[O-]. The monoisotopic (exact) mass is 387 g/mol. The second kappa shape index (κ2) is 9.11. The first-order chi connectivity index (χ1) is 12.3. The van der Waals surface area contributed by atoms with Gasteiger partial charge in [0.15, 0.2) is 9.84 Å². The molecule has 0 amide bonds. The van der Waals surface area contributed by atoms with Crippen LogP contribution in [0.3, 0.4) is 0 Å². The van der Waals surface area contributed by atoms with E-state index in [4.69, 9.17) is 0 Å². The molecule has 1 fully saturated rings. The number of carbonyl (C=O) groups is 1. The summed E-state index contributed by atoms with van der Waals surface area (Å²) in [5, 5.41) is 16.0. The lowest BCUT2D eigenvalue weighted by Gasteiger charge is -2.21. The maximum atomic E-state index is 12.3. The van der Waals surface area contributed by atoms with Crippen LogP contribution >= 0.6 is 0 Å². The molecule has 0 saturated heterocycles. The summed E-state index contributed by atoms with van der Waals surface area (Å²) < 4.78 is 23.7. The van der Waals surface area contributed by atoms with Crippen LogP contribution in [0.15, 0.2) is 11.1 Å². The molecule has 1 atom stereocenters. The molecule has 1 aliphatic carbocycles. The summed E-state index contributed by atoms with van der Waals surface area (Å²) in [4.78, 5) is 27.3. The van der Waals surface area contributed by atoms with Gasteiger partial charge < -0.3 is 4.84 Å². The third-order valence-corrected chi connectivity index (χ3v) is 5.98. The van der Waals surface area contributed by atoms with Crippen LogP contribution in [-0.4, -0.2) is 42.3 Å². The number of carbonyl (C=O) groups excluding carboxylic acids is 1. The van der Waals surface area contributed by atoms with Gasteiger partial charge in [-0.3, -0.25) is 9.89 Å². The van der Waals surface area contributed by atoms with Gasteiger partial charge in [0, 0.05) is 24.5 Å². The molecule has 0 bridgehead atoms. The summed E-state index contributed by atoms with van der Waals surface area (Å²) in [5.41, 5.74) is 0.291. The summed E-state index contributed by atoms with van der Waals surface area (Å²) in [6.45, 7) is -0.282. The Morgan fingerprint density at radius 1 is 1.42 bits per heavy atom. The van der Waals surface area contributed by atoms with Crippen LogP contribution in [0.25, 0.3) is 0 Å². The van der Waals surface area contributed by atoms with E-state index in [1.165, 1.54) is 12.6 Å². The zero-order valence-corrected chi connectivity index (χ0v) is 15.7. The highest BCUT2D eigenvalue weighted by atomic mass is 32.2. The topological polar surface area (TPSA) is 132 Å². The molecule has 0 radical (unpaired) electrons. The second-order valence-corrected chi connectivity index (χ2v) is 8.81. The van der Waals surface area contributed by atoms with E-state index < -0.39 is 20.8 Å². The maximum Gasteiger partial charge on any atom is 0.294 e. The van der Waals surface area contributed by atoms with E-state index in [1.807, 2.05) is 0 Å². The minimum absolute atomic E-state index is 0.00746. The third-order valence-electron chi connectivity index (χ3n) is 4.86. The lowest BCUT2D eigenvalue weighted by molar-refractivity contribution is -0.758. The van der Waals surface area contributed by atoms with Crippen molar-refractivity contribution in [3.05, 3.63) is 22.0 Å². The average molecular weight is 387 g/mol. The summed E-state index contributed by atoms with van der Waals surface area (Å²) in [5.74, 6) is -0.200. The first-order valence-electron chi connectivity index (χ1n) is 8.82. The van der Waals surface area contributed by atoms with Crippen molar-refractivity contribution in [1.82, 2.24) is 10.2 Å². The molecular formula is C16H25N3O6S. The van der Waals surface area contributed by atoms with Crippen LogP contribution in [0.4, 0.5) is 0 Å². The van der Waals surface area contributed by atoms with Gasteiger partial charge >= 0.3 is 0 Å². The number of hydrogen-bond acceptors (Lipinski definition) is 7. The van der Waals surface area contributed by atoms with E-state index >= 15 is 0 Å². The van der Waals surface area contributed by atoms with Crippen LogP contribution in [0.1, 0.15) is 63.0 Å². The van der Waals surface area contributed by atoms with E-state index in [2.05, 4.69) is 15.0 Å². The molecule has 1 aromatic heterocycles. The Hall–Kier alpha value is -1.97. The Kier molecular flexibility index (Phi) is 7.13. The number of hydrogen-bond donors (Lipinski definition) is 1. The van der Waals surface area contributed by atoms with Crippen molar-refractivity contribution in [2.75, 3.05) is 12.9 Å². The van der Waals surface area contributed by atoms with Crippen molar-refractivity contribution >= 4 is 15.6 Å². The molecule has 10 heteroatoms. The predicted molar refractivity (Wildman–Crippen MR) is 92.8 cm³/mol. The molecule has 2 rings (SSSR count). The van der Waals surface area contributed by atoms with Crippen molar-refractivity contribution in [2.45, 2.75) is 62.2 Å². The Bertz CT molecular complexity index is 724. The summed E-state index contributed by atoms with van der Waals surface area (Å²) in [6, 6.07) is 0. The minimum atomic E-state index is -3.52. The predicted octanol–water partition coefficient (Wildman–Crippen LogP) is 2.42. The number of H-pyrrole nitrogens is 1. The van der Waals surface area contributed by atoms with Gasteiger partial charge in [-0.15, -0.1) is 10.1 Å². The molecule has 0 aliphatic heterocycles. The van der Waals surface area contributed by atoms with Gasteiger partial charge in [0.05, 0.1) is 11.9 Å². The first kappa shape index (κ1) is 20.3. The molecule has 1 aliphatic rings. The van der Waals surface area contributed by atoms with Gasteiger partial charge in [-0.25, -0.2) is 8.42 Å². The maximum absolute atomic E-state index is 12.3. The summed E-state index contributed by atoms with van der Waals surface area (Å²) in [7, 11) is -3.52. The summed E-state index contributed by atoms with van der Waals surface area (Å²) >= 11 is 0. The van der Waals surface area contributed by atoms with Crippen molar-refractivity contribution in [2.24, 2.45) is 5.92 Å². The van der Waals surface area contributed by atoms with Gasteiger partial charge in [0.2, 0.25) is 0 Å². The number of aromatic amines is 1. The number of nitrogens with one attached hydrogen (secondary N) is 1. The highest BCUT2D eigenvalue weighted by molar-refractivity contribution is 7.90. The third kappa shape index (κ3) is 5.79. The first-order valence-corrected chi connectivity index (χ1v) is 10.7. The molecule has 26 heavy (non-hydrogen) atoms. The zero-order chi connectivity index (χ0) is 19.2. The number of Topliss-reactive ketones (excluding diaryl/α,β-unsaturated/α-hetero) is 1. The molecule has 1 saturated carbocycles. The molecule has 1 heterocycles. The standard InChI is InChI=1S/C16H25N3O6S/c1-26(23,24)15-10-17-18-16(15)13(11-25-19(21)22)8-5-9-14(20)12-6-3-2-4-7-12/h10,12-13H,2-9,11H2,1H3,(H,17,18). The molecule has 1 aromatic rings. The van der Waals surface area contributed by atoms with E-state index in [1.54, 1.807) is 0 Å². The number of aromatic nitrogens is 2. The number of sulfone groups is 1. The molecule has 9 nitrogen and oxygen atoms in total. The highest BCUT2D eigenvalue weighted by Gasteiger charge is 2.25. The number of nitrogens with zero attached hydrogens (tertiary/aromatic N) is 2. The molecule has 1 N–H and O–H groups in total. The van der Waals surface area contributed by atoms with Crippen molar-refractivity contribution in [3.8, 4) is 0 Å². The van der Waals surface area contributed by atoms with Crippen LogP contribution in [-0.2, 0) is 19.5 Å². The molecular weight excluding hydrogens is 362 g/mol. The van der Waals surface area contributed by atoms with Crippen LogP contribution < -0.4 is 0 Å². The molecule has 1 unspecified atom stereocenters. The molecule has 146 valence electrons. The van der Waals surface area contributed by atoms with E-state index in [0.29, 0.717) is 25.0 Å². The highest BCUT2D eigenvalue weighted by Crippen LogP contribution is 2.29. The van der Waals surface area contributed by atoms with Crippen molar-refractivity contribution in [3.63, 3.8) is 0 Å². The normalized spacial score (nSPS) is 17.0. The number of ketones is 1. The number of rotatable bonds is 10.